The van der Waals surface area contributed by atoms with Gasteiger partial charge in [-0.3, -0.25) is 4.79 Å². The van der Waals surface area contributed by atoms with Gasteiger partial charge < -0.3 is 10.8 Å². The van der Waals surface area contributed by atoms with Crippen molar-refractivity contribution in [2.75, 3.05) is 6.54 Å². The molecule has 0 radical (unpaired) electrons. The van der Waals surface area contributed by atoms with E-state index >= 15 is 0 Å². The first kappa shape index (κ1) is 12.3. The highest BCUT2D eigenvalue weighted by atomic mass is 31.1. The molecule has 76 valence electrons. The molecule has 0 fully saturated rings. The molecule has 6 nitrogen and oxygen atoms in total. The average Bonchev–Trinajstić information content (AvgIpc) is 2.02. The molecule has 7 heteroatoms. The summed E-state index contributed by atoms with van der Waals surface area (Å²) in [4.78, 5) is 10.5. The molecule has 0 rings (SSSR count). The fourth-order valence-corrected chi connectivity index (χ4v) is 1.36. The summed E-state index contributed by atoms with van der Waals surface area (Å²) in [5, 5.41) is 10.5. The number of hydrogen-bond acceptors (Lipinski definition) is 4. The van der Waals surface area contributed by atoms with Gasteiger partial charge in [0, 0.05) is 0 Å². The first-order valence-corrected chi connectivity index (χ1v) is 5.09. The summed E-state index contributed by atoms with van der Waals surface area (Å²) in [5.74, 6) is -1.16. The lowest BCUT2D eigenvalue weighted by Crippen LogP contribution is -2.31. The van der Waals surface area contributed by atoms with E-state index < -0.39 is 19.8 Å². The quantitative estimate of drug-likeness (QED) is 0.408. The number of nitrogens with one attached hydrogen (secondary N) is 1. The molecular formula is C6H13N2O4P. The monoisotopic (exact) mass is 208 g/mol. The largest absolute Gasteiger partial charge is 0.480 e. The third-order valence-corrected chi connectivity index (χ3v) is 2.03. The van der Waals surface area contributed by atoms with Crippen LogP contribution in [0.3, 0.4) is 0 Å². The summed E-state index contributed by atoms with van der Waals surface area (Å²) in [5.41, 5.74) is 5.20. The number of hydrogen-bond donors (Lipinski definition) is 3. The maximum Gasteiger partial charge on any atom is 0.396 e. The second-order valence-corrected chi connectivity index (χ2v) is 3.33. The lowest BCUT2D eigenvalue weighted by Gasteiger charge is -2.07. The van der Waals surface area contributed by atoms with E-state index in [9.17, 15) is 13.9 Å². The van der Waals surface area contributed by atoms with Gasteiger partial charge in [0.05, 0.1) is 0 Å². The SMILES string of the molecule is NCCCCC(NP(=O)=O)C(=O)O. The third-order valence-electron chi connectivity index (χ3n) is 1.51. The summed E-state index contributed by atoms with van der Waals surface area (Å²) >= 11 is 0. The molecule has 0 aliphatic rings. The molecule has 0 aromatic carbocycles. The zero-order valence-electron chi connectivity index (χ0n) is 7.10. The highest BCUT2D eigenvalue weighted by Crippen LogP contribution is 2.06. The van der Waals surface area contributed by atoms with Gasteiger partial charge in [0.1, 0.15) is 6.04 Å². The first-order valence-electron chi connectivity index (χ1n) is 3.91. The predicted octanol–water partition coefficient (Wildman–Crippen LogP) is 0.246. The van der Waals surface area contributed by atoms with Crippen molar-refractivity contribution in [2.45, 2.75) is 25.3 Å². The van der Waals surface area contributed by atoms with Crippen LogP contribution in [0.5, 0.6) is 0 Å². The Morgan fingerprint density at radius 2 is 2.08 bits per heavy atom. The van der Waals surface area contributed by atoms with Gasteiger partial charge in [0.25, 0.3) is 0 Å². The number of unbranched alkanes of at least 4 members (excludes halogenated alkanes) is 1. The van der Waals surface area contributed by atoms with Crippen LogP contribution in [0, 0.1) is 0 Å². The van der Waals surface area contributed by atoms with Crippen LogP contribution in [-0.2, 0) is 13.9 Å². The number of carbonyl (C=O) groups is 1. The van der Waals surface area contributed by atoms with E-state index in [1.807, 2.05) is 5.09 Å². The second-order valence-electron chi connectivity index (χ2n) is 2.56. The topological polar surface area (TPSA) is 109 Å². The molecule has 0 heterocycles. The van der Waals surface area contributed by atoms with E-state index in [-0.39, 0.29) is 6.42 Å². The minimum absolute atomic E-state index is 0.274. The Labute approximate surface area is 76.4 Å². The summed E-state index contributed by atoms with van der Waals surface area (Å²) in [7, 11) is -2.86. The van der Waals surface area contributed by atoms with Crippen molar-refractivity contribution in [3.05, 3.63) is 0 Å². The molecule has 0 spiro atoms. The van der Waals surface area contributed by atoms with Crippen molar-refractivity contribution >= 4 is 13.8 Å². The smallest absolute Gasteiger partial charge is 0.396 e. The minimum Gasteiger partial charge on any atom is -0.480 e. The van der Waals surface area contributed by atoms with Crippen molar-refractivity contribution in [2.24, 2.45) is 5.73 Å². The Bertz CT molecular complexity index is 221. The van der Waals surface area contributed by atoms with E-state index in [2.05, 4.69) is 0 Å². The van der Waals surface area contributed by atoms with Gasteiger partial charge in [0.2, 0.25) is 0 Å². The number of aliphatic carboxylic acids is 1. The molecule has 0 aliphatic carbocycles. The summed E-state index contributed by atoms with van der Waals surface area (Å²) < 4.78 is 20.4. The Morgan fingerprint density at radius 3 is 2.46 bits per heavy atom. The molecule has 4 N–H and O–H groups in total. The molecule has 0 saturated carbocycles. The minimum atomic E-state index is -2.86. The fraction of sp³-hybridized carbons (Fsp3) is 0.833. The Balaban J connectivity index is 3.88. The van der Waals surface area contributed by atoms with Crippen LogP contribution in [-0.4, -0.2) is 23.7 Å². The van der Waals surface area contributed by atoms with E-state index in [0.29, 0.717) is 19.4 Å². The number of carboxylic acid groups (broad SMARTS) is 1. The van der Waals surface area contributed by atoms with E-state index in [1.165, 1.54) is 0 Å². The molecular weight excluding hydrogens is 195 g/mol. The number of carboxylic acids is 1. The predicted molar refractivity (Wildman–Crippen MR) is 45.8 cm³/mol. The van der Waals surface area contributed by atoms with Gasteiger partial charge in [-0.05, 0) is 19.4 Å². The van der Waals surface area contributed by atoms with Crippen molar-refractivity contribution in [1.82, 2.24) is 5.09 Å². The molecule has 13 heavy (non-hydrogen) atoms. The number of rotatable bonds is 7. The molecule has 0 aromatic rings. The van der Waals surface area contributed by atoms with E-state index in [0.717, 1.165) is 0 Å². The van der Waals surface area contributed by atoms with Crippen LogP contribution < -0.4 is 10.8 Å². The van der Waals surface area contributed by atoms with Gasteiger partial charge in [-0.2, -0.15) is 5.09 Å². The Kier molecular flexibility index (Phi) is 6.40. The maximum absolute atomic E-state index is 10.5. The molecule has 0 aliphatic heterocycles. The van der Waals surface area contributed by atoms with Crippen LogP contribution in [0.2, 0.25) is 0 Å². The average molecular weight is 208 g/mol. The highest BCUT2D eigenvalue weighted by molar-refractivity contribution is 7.28. The lowest BCUT2D eigenvalue weighted by atomic mass is 10.1. The van der Waals surface area contributed by atoms with Crippen LogP contribution >= 0.6 is 7.83 Å². The zero-order valence-corrected chi connectivity index (χ0v) is 8.00. The van der Waals surface area contributed by atoms with Crippen LogP contribution in [0.1, 0.15) is 19.3 Å². The third kappa shape index (κ3) is 6.45. The zero-order chi connectivity index (χ0) is 10.3. The van der Waals surface area contributed by atoms with Gasteiger partial charge >= 0.3 is 13.8 Å². The van der Waals surface area contributed by atoms with Crippen LogP contribution in [0.4, 0.5) is 0 Å². The van der Waals surface area contributed by atoms with E-state index in [1.54, 1.807) is 0 Å². The van der Waals surface area contributed by atoms with Gasteiger partial charge in [-0.15, -0.1) is 0 Å². The number of nitrogens with two attached hydrogens (primary N) is 1. The highest BCUT2D eigenvalue weighted by Gasteiger charge is 2.17. The summed E-state index contributed by atoms with van der Waals surface area (Å²) in [6, 6.07) is -1.02. The van der Waals surface area contributed by atoms with Crippen molar-refractivity contribution in [1.29, 1.82) is 0 Å². The van der Waals surface area contributed by atoms with E-state index in [4.69, 9.17) is 10.8 Å². The first-order chi connectivity index (χ1) is 6.07. The summed E-state index contributed by atoms with van der Waals surface area (Å²) in [6.07, 6.45) is 1.57. The molecule has 0 bridgehead atoms. The van der Waals surface area contributed by atoms with Crippen molar-refractivity contribution in [3.8, 4) is 0 Å². The van der Waals surface area contributed by atoms with Gasteiger partial charge in [-0.1, -0.05) is 6.42 Å². The van der Waals surface area contributed by atoms with Crippen molar-refractivity contribution in [3.63, 3.8) is 0 Å². The fourth-order valence-electron chi connectivity index (χ4n) is 0.863. The van der Waals surface area contributed by atoms with Gasteiger partial charge in [-0.25, -0.2) is 9.13 Å². The standard InChI is InChI=1S/C6H13N2O4P/c7-4-2-1-3-5(6(9)10)8-13(11)12/h5H,1-4,7H2,(H,9,10)(H,8,11,12). The Hall–Kier alpha value is -0.710. The Morgan fingerprint density at radius 1 is 1.46 bits per heavy atom. The molecule has 1 unspecified atom stereocenters. The van der Waals surface area contributed by atoms with Gasteiger partial charge in [0.15, 0.2) is 0 Å². The normalized spacial score (nSPS) is 12.4. The molecule has 0 aromatic heterocycles. The molecule has 0 saturated heterocycles. The lowest BCUT2D eigenvalue weighted by molar-refractivity contribution is -0.139. The summed E-state index contributed by atoms with van der Waals surface area (Å²) in [6.45, 7) is 0.482. The molecule has 1 atom stereocenters. The van der Waals surface area contributed by atoms with Crippen molar-refractivity contribution < 1.29 is 19.0 Å². The van der Waals surface area contributed by atoms with Crippen LogP contribution in [0.25, 0.3) is 0 Å². The van der Waals surface area contributed by atoms with Crippen LogP contribution in [0.15, 0.2) is 0 Å². The maximum atomic E-state index is 10.5. The molecule has 0 amide bonds. The second kappa shape index (κ2) is 6.77.